The van der Waals surface area contributed by atoms with E-state index in [0.29, 0.717) is 23.3 Å². The molecule has 0 aliphatic carbocycles. The van der Waals surface area contributed by atoms with Crippen LogP contribution in [0.3, 0.4) is 0 Å². The predicted octanol–water partition coefficient (Wildman–Crippen LogP) is 3.37. The molecule has 1 amide bonds. The standard InChI is InChI=1S/C19H19FN2O2/c1-14(13-24-2)22(12-16-4-3-5-18(20)10-16)19(23)17-8-6-15(11-21)7-9-17/h3-10,14H,12-13H2,1-2H3. The molecule has 0 heterocycles. The van der Waals surface area contributed by atoms with Crippen molar-refractivity contribution in [3.05, 3.63) is 71.0 Å². The van der Waals surface area contributed by atoms with Gasteiger partial charge in [-0.1, -0.05) is 12.1 Å². The third-order valence-electron chi connectivity index (χ3n) is 3.70. The molecule has 2 rings (SSSR count). The Morgan fingerprint density at radius 1 is 1.29 bits per heavy atom. The summed E-state index contributed by atoms with van der Waals surface area (Å²) in [6, 6.07) is 14.5. The highest BCUT2D eigenvalue weighted by Gasteiger charge is 2.22. The zero-order valence-electron chi connectivity index (χ0n) is 13.7. The molecule has 0 N–H and O–H groups in total. The van der Waals surface area contributed by atoms with Gasteiger partial charge in [-0.2, -0.15) is 5.26 Å². The van der Waals surface area contributed by atoms with Crippen molar-refractivity contribution in [2.24, 2.45) is 0 Å². The van der Waals surface area contributed by atoms with Gasteiger partial charge in [0.25, 0.3) is 5.91 Å². The van der Waals surface area contributed by atoms with Gasteiger partial charge in [0.05, 0.1) is 24.3 Å². The van der Waals surface area contributed by atoms with Gasteiger partial charge in [-0.25, -0.2) is 4.39 Å². The molecule has 0 bridgehead atoms. The minimum Gasteiger partial charge on any atom is -0.383 e. The Balaban J connectivity index is 2.27. The molecule has 0 fully saturated rings. The van der Waals surface area contributed by atoms with Crippen molar-refractivity contribution >= 4 is 5.91 Å². The van der Waals surface area contributed by atoms with Crippen molar-refractivity contribution in [3.63, 3.8) is 0 Å². The average molecular weight is 326 g/mol. The van der Waals surface area contributed by atoms with Crippen LogP contribution in [0, 0.1) is 17.1 Å². The number of carbonyl (C=O) groups is 1. The topological polar surface area (TPSA) is 53.3 Å². The lowest BCUT2D eigenvalue weighted by Crippen LogP contribution is -2.40. The number of hydrogen-bond acceptors (Lipinski definition) is 3. The van der Waals surface area contributed by atoms with Gasteiger partial charge in [0.15, 0.2) is 0 Å². The van der Waals surface area contributed by atoms with E-state index in [4.69, 9.17) is 10.00 Å². The molecule has 2 aromatic carbocycles. The molecule has 5 heteroatoms. The molecular weight excluding hydrogens is 307 g/mol. The van der Waals surface area contributed by atoms with Crippen molar-refractivity contribution in [3.8, 4) is 6.07 Å². The van der Waals surface area contributed by atoms with Crippen molar-refractivity contribution in [1.29, 1.82) is 5.26 Å². The number of amides is 1. The zero-order chi connectivity index (χ0) is 17.5. The summed E-state index contributed by atoms with van der Waals surface area (Å²) in [5.74, 6) is -0.522. The first-order valence-electron chi connectivity index (χ1n) is 7.59. The van der Waals surface area contributed by atoms with Crippen LogP contribution in [-0.4, -0.2) is 30.6 Å². The molecule has 4 nitrogen and oxygen atoms in total. The van der Waals surface area contributed by atoms with Crippen molar-refractivity contribution in [2.75, 3.05) is 13.7 Å². The first-order chi connectivity index (χ1) is 11.5. The lowest BCUT2D eigenvalue weighted by molar-refractivity contribution is 0.0542. The number of halogens is 1. The molecule has 0 saturated heterocycles. The van der Waals surface area contributed by atoms with Crippen LogP contribution < -0.4 is 0 Å². The van der Waals surface area contributed by atoms with Crippen LogP contribution in [0.4, 0.5) is 4.39 Å². The summed E-state index contributed by atoms with van der Waals surface area (Å²) >= 11 is 0. The van der Waals surface area contributed by atoms with Crippen LogP contribution in [0.2, 0.25) is 0 Å². The van der Waals surface area contributed by atoms with Gasteiger partial charge < -0.3 is 9.64 Å². The normalized spacial score (nSPS) is 11.6. The van der Waals surface area contributed by atoms with Gasteiger partial charge in [-0.15, -0.1) is 0 Å². The summed E-state index contributed by atoms with van der Waals surface area (Å²) in [7, 11) is 1.57. The predicted molar refractivity (Wildman–Crippen MR) is 88.8 cm³/mol. The molecule has 1 unspecified atom stereocenters. The van der Waals surface area contributed by atoms with Crippen LogP contribution >= 0.6 is 0 Å². The Morgan fingerprint density at radius 3 is 2.58 bits per heavy atom. The van der Waals surface area contributed by atoms with Gasteiger partial charge in [-0.05, 0) is 48.9 Å². The summed E-state index contributed by atoms with van der Waals surface area (Å²) in [4.78, 5) is 14.5. The minimum atomic E-state index is -0.335. The van der Waals surface area contributed by atoms with Crippen LogP contribution in [0.5, 0.6) is 0 Å². The lowest BCUT2D eigenvalue weighted by Gasteiger charge is -2.29. The Bertz CT molecular complexity index is 738. The number of methoxy groups -OCH3 is 1. The maximum absolute atomic E-state index is 13.4. The number of rotatable bonds is 6. The number of ether oxygens (including phenoxy) is 1. The second-order valence-corrected chi connectivity index (χ2v) is 5.56. The van der Waals surface area contributed by atoms with Crippen LogP contribution in [0.25, 0.3) is 0 Å². The summed E-state index contributed by atoms with van der Waals surface area (Å²) in [6.07, 6.45) is 0. The highest BCUT2D eigenvalue weighted by molar-refractivity contribution is 5.94. The number of hydrogen-bond donors (Lipinski definition) is 0. The van der Waals surface area contributed by atoms with Gasteiger partial charge in [-0.3, -0.25) is 4.79 Å². The molecule has 0 aliphatic rings. The van der Waals surface area contributed by atoms with Crippen molar-refractivity contribution < 1.29 is 13.9 Å². The van der Waals surface area contributed by atoms with E-state index in [9.17, 15) is 9.18 Å². The Kier molecular flexibility index (Phi) is 6.05. The van der Waals surface area contributed by atoms with E-state index in [-0.39, 0.29) is 24.3 Å². The molecule has 1 atom stereocenters. The molecular formula is C19H19FN2O2. The molecule has 0 aromatic heterocycles. The monoisotopic (exact) mass is 326 g/mol. The maximum Gasteiger partial charge on any atom is 0.254 e. The SMILES string of the molecule is COCC(C)N(Cc1cccc(F)c1)C(=O)c1ccc(C#N)cc1. The Labute approximate surface area is 141 Å². The Hall–Kier alpha value is -2.71. The smallest absolute Gasteiger partial charge is 0.254 e. The van der Waals surface area contributed by atoms with E-state index in [1.54, 1.807) is 48.4 Å². The molecule has 124 valence electrons. The first kappa shape index (κ1) is 17.6. The van der Waals surface area contributed by atoms with Gasteiger partial charge >= 0.3 is 0 Å². The molecule has 24 heavy (non-hydrogen) atoms. The average Bonchev–Trinajstić information content (AvgIpc) is 2.59. The maximum atomic E-state index is 13.4. The van der Waals surface area contributed by atoms with Crippen molar-refractivity contribution in [1.82, 2.24) is 4.90 Å². The minimum absolute atomic E-state index is 0.179. The number of carbonyl (C=O) groups excluding carboxylic acids is 1. The number of nitriles is 1. The van der Waals surface area contributed by atoms with Crippen molar-refractivity contribution in [2.45, 2.75) is 19.5 Å². The van der Waals surface area contributed by atoms with E-state index in [0.717, 1.165) is 0 Å². The van der Waals surface area contributed by atoms with Crippen LogP contribution in [0.1, 0.15) is 28.4 Å². The molecule has 0 radical (unpaired) electrons. The van der Waals surface area contributed by atoms with E-state index in [1.165, 1.54) is 12.1 Å². The third kappa shape index (κ3) is 4.40. The highest BCUT2D eigenvalue weighted by atomic mass is 19.1. The van der Waals surface area contributed by atoms with E-state index >= 15 is 0 Å². The van der Waals surface area contributed by atoms with E-state index in [2.05, 4.69) is 0 Å². The number of nitrogens with zero attached hydrogens (tertiary/aromatic N) is 2. The Morgan fingerprint density at radius 2 is 2.00 bits per heavy atom. The van der Waals surface area contributed by atoms with Gasteiger partial charge in [0.2, 0.25) is 0 Å². The molecule has 0 spiro atoms. The van der Waals surface area contributed by atoms with Crippen LogP contribution in [-0.2, 0) is 11.3 Å². The second-order valence-electron chi connectivity index (χ2n) is 5.56. The largest absolute Gasteiger partial charge is 0.383 e. The first-order valence-corrected chi connectivity index (χ1v) is 7.59. The second kappa shape index (κ2) is 8.23. The van der Waals surface area contributed by atoms with Crippen LogP contribution in [0.15, 0.2) is 48.5 Å². The molecule has 2 aromatic rings. The fourth-order valence-electron chi connectivity index (χ4n) is 2.44. The summed E-state index contributed by atoms with van der Waals surface area (Å²) < 4.78 is 18.6. The molecule has 0 aliphatic heterocycles. The fourth-order valence-corrected chi connectivity index (χ4v) is 2.44. The van der Waals surface area contributed by atoms with E-state index < -0.39 is 0 Å². The summed E-state index contributed by atoms with van der Waals surface area (Å²) in [5.41, 5.74) is 1.68. The van der Waals surface area contributed by atoms with E-state index in [1.807, 2.05) is 13.0 Å². The van der Waals surface area contributed by atoms with Gasteiger partial charge in [0.1, 0.15) is 5.82 Å². The quantitative estimate of drug-likeness (QED) is 0.818. The molecule has 0 saturated carbocycles. The lowest BCUT2D eigenvalue weighted by atomic mass is 10.1. The fraction of sp³-hybridized carbons (Fsp3) is 0.263. The number of benzene rings is 2. The zero-order valence-corrected chi connectivity index (χ0v) is 13.7. The third-order valence-corrected chi connectivity index (χ3v) is 3.70. The summed E-state index contributed by atoms with van der Waals surface area (Å²) in [5, 5.41) is 8.86. The summed E-state index contributed by atoms with van der Waals surface area (Å²) in [6.45, 7) is 2.53. The highest BCUT2D eigenvalue weighted by Crippen LogP contribution is 2.15. The van der Waals surface area contributed by atoms with Gasteiger partial charge in [0, 0.05) is 19.2 Å².